The average Bonchev–Trinajstić information content (AvgIpc) is 2.28. The summed E-state index contributed by atoms with van der Waals surface area (Å²) in [4.78, 5) is 0. The maximum Gasteiger partial charge on any atom is 0.121 e. The van der Waals surface area contributed by atoms with Crippen LogP contribution in [0.2, 0.25) is 0 Å². The molecule has 3 nitrogen and oxygen atoms in total. The first-order chi connectivity index (χ1) is 8.13. The standard InChI is InChI=1S/C14H23NO2/c1-11(2)10-17-8-7-15-13-5-6-14(16-4)12(3)9-13/h5-6,9,11,15H,7-8,10H2,1-4H3. The third-order valence-electron chi connectivity index (χ3n) is 2.42. The number of hydrogen-bond donors (Lipinski definition) is 1. The van der Waals surface area contributed by atoms with Gasteiger partial charge in [0.05, 0.1) is 13.7 Å². The Kier molecular flexibility index (Phi) is 5.84. The van der Waals surface area contributed by atoms with Crippen molar-refractivity contribution < 1.29 is 9.47 Å². The molecule has 0 heterocycles. The summed E-state index contributed by atoms with van der Waals surface area (Å²) in [6.07, 6.45) is 0. The Labute approximate surface area is 104 Å². The van der Waals surface area contributed by atoms with Gasteiger partial charge in [0.25, 0.3) is 0 Å². The van der Waals surface area contributed by atoms with Gasteiger partial charge in [-0.25, -0.2) is 0 Å². The molecule has 0 unspecified atom stereocenters. The molecule has 0 aliphatic carbocycles. The number of hydrogen-bond acceptors (Lipinski definition) is 3. The molecule has 1 N–H and O–H groups in total. The molecule has 1 rings (SSSR count). The molecule has 0 radical (unpaired) electrons. The molecule has 0 amide bonds. The Morgan fingerprint density at radius 1 is 1.29 bits per heavy atom. The van der Waals surface area contributed by atoms with Crippen molar-refractivity contribution in [1.82, 2.24) is 0 Å². The largest absolute Gasteiger partial charge is 0.496 e. The Morgan fingerprint density at radius 3 is 2.65 bits per heavy atom. The SMILES string of the molecule is COc1ccc(NCCOCC(C)C)cc1C. The van der Waals surface area contributed by atoms with Crippen molar-refractivity contribution in [1.29, 1.82) is 0 Å². The fourth-order valence-electron chi connectivity index (χ4n) is 1.57. The van der Waals surface area contributed by atoms with Gasteiger partial charge < -0.3 is 14.8 Å². The second-order valence-corrected chi connectivity index (χ2v) is 4.58. The minimum Gasteiger partial charge on any atom is -0.496 e. The second-order valence-electron chi connectivity index (χ2n) is 4.58. The van der Waals surface area contributed by atoms with Crippen LogP contribution in [0.3, 0.4) is 0 Å². The van der Waals surface area contributed by atoms with Gasteiger partial charge in [0.15, 0.2) is 0 Å². The number of aryl methyl sites for hydroxylation is 1. The molecule has 0 saturated carbocycles. The van der Waals surface area contributed by atoms with Crippen molar-refractivity contribution in [3.8, 4) is 5.75 Å². The van der Waals surface area contributed by atoms with Crippen LogP contribution in [0.25, 0.3) is 0 Å². The van der Waals surface area contributed by atoms with Crippen LogP contribution in [0, 0.1) is 12.8 Å². The molecule has 0 spiro atoms. The molecular formula is C14H23NO2. The lowest BCUT2D eigenvalue weighted by molar-refractivity contribution is 0.118. The zero-order chi connectivity index (χ0) is 12.7. The number of benzene rings is 1. The normalized spacial score (nSPS) is 10.6. The quantitative estimate of drug-likeness (QED) is 0.739. The van der Waals surface area contributed by atoms with E-state index in [2.05, 4.69) is 25.2 Å². The number of ether oxygens (including phenoxy) is 2. The summed E-state index contributed by atoms with van der Waals surface area (Å²) in [6, 6.07) is 6.09. The van der Waals surface area contributed by atoms with Gasteiger partial charge in [-0.1, -0.05) is 13.8 Å². The number of rotatable bonds is 7. The highest BCUT2D eigenvalue weighted by Gasteiger charge is 1.99. The van der Waals surface area contributed by atoms with Gasteiger partial charge in [0.2, 0.25) is 0 Å². The number of anilines is 1. The van der Waals surface area contributed by atoms with Crippen LogP contribution >= 0.6 is 0 Å². The second kappa shape index (κ2) is 7.17. The Balaban J connectivity index is 2.30. The maximum atomic E-state index is 5.50. The summed E-state index contributed by atoms with van der Waals surface area (Å²) < 4.78 is 10.7. The first-order valence-corrected chi connectivity index (χ1v) is 6.09. The van der Waals surface area contributed by atoms with Gasteiger partial charge in [-0.05, 0) is 36.6 Å². The third-order valence-corrected chi connectivity index (χ3v) is 2.42. The summed E-state index contributed by atoms with van der Waals surface area (Å²) in [5, 5.41) is 3.33. The van der Waals surface area contributed by atoms with Crippen molar-refractivity contribution in [2.45, 2.75) is 20.8 Å². The average molecular weight is 237 g/mol. The first-order valence-electron chi connectivity index (χ1n) is 6.09. The molecule has 0 aliphatic heterocycles. The molecule has 0 aromatic heterocycles. The first kappa shape index (κ1) is 13.8. The Bertz CT molecular complexity index is 337. The monoisotopic (exact) mass is 237 g/mol. The lowest BCUT2D eigenvalue weighted by atomic mass is 10.2. The number of methoxy groups -OCH3 is 1. The highest BCUT2D eigenvalue weighted by molar-refractivity contribution is 5.50. The van der Waals surface area contributed by atoms with Crippen LogP contribution in [0.5, 0.6) is 5.75 Å². The molecule has 17 heavy (non-hydrogen) atoms. The zero-order valence-electron chi connectivity index (χ0n) is 11.2. The van der Waals surface area contributed by atoms with Crippen LogP contribution in [0.1, 0.15) is 19.4 Å². The molecule has 3 heteroatoms. The van der Waals surface area contributed by atoms with E-state index in [-0.39, 0.29) is 0 Å². The minimum absolute atomic E-state index is 0.596. The molecule has 96 valence electrons. The Morgan fingerprint density at radius 2 is 2.06 bits per heavy atom. The van der Waals surface area contributed by atoms with Crippen LogP contribution in [-0.4, -0.2) is 26.9 Å². The smallest absolute Gasteiger partial charge is 0.121 e. The van der Waals surface area contributed by atoms with Crippen molar-refractivity contribution >= 4 is 5.69 Å². The van der Waals surface area contributed by atoms with Gasteiger partial charge in [0.1, 0.15) is 5.75 Å². The van der Waals surface area contributed by atoms with Crippen LogP contribution in [-0.2, 0) is 4.74 Å². The van der Waals surface area contributed by atoms with Crippen molar-refractivity contribution in [3.63, 3.8) is 0 Å². The highest BCUT2D eigenvalue weighted by atomic mass is 16.5. The molecule has 1 aromatic rings. The van der Waals surface area contributed by atoms with Crippen LogP contribution in [0.4, 0.5) is 5.69 Å². The minimum atomic E-state index is 0.596. The Hall–Kier alpha value is -1.22. The zero-order valence-corrected chi connectivity index (χ0v) is 11.2. The fourth-order valence-corrected chi connectivity index (χ4v) is 1.57. The van der Waals surface area contributed by atoms with Crippen molar-refractivity contribution in [2.24, 2.45) is 5.92 Å². The molecule has 0 bridgehead atoms. The summed E-state index contributed by atoms with van der Waals surface area (Å²) in [5.41, 5.74) is 2.25. The molecule has 0 saturated heterocycles. The van der Waals surface area contributed by atoms with Crippen molar-refractivity contribution in [2.75, 3.05) is 32.2 Å². The van der Waals surface area contributed by atoms with Crippen LogP contribution in [0.15, 0.2) is 18.2 Å². The van der Waals surface area contributed by atoms with Gasteiger partial charge in [-0.2, -0.15) is 0 Å². The predicted octanol–water partition coefficient (Wildman–Crippen LogP) is 3.09. The fraction of sp³-hybridized carbons (Fsp3) is 0.571. The summed E-state index contributed by atoms with van der Waals surface area (Å²) in [6.45, 7) is 8.74. The maximum absolute atomic E-state index is 5.50. The predicted molar refractivity (Wildman–Crippen MR) is 71.9 cm³/mol. The van der Waals surface area contributed by atoms with E-state index in [1.54, 1.807) is 7.11 Å². The van der Waals surface area contributed by atoms with E-state index in [0.717, 1.165) is 36.8 Å². The van der Waals surface area contributed by atoms with E-state index in [1.165, 1.54) is 0 Å². The van der Waals surface area contributed by atoms with E-state index >= 15 is 0 Å². The summed E-state index contributed by atoms with van der Waals surface area (Å²) in [7, 11) is 1.69. The van der Waals surface area contributed by atoms with Crippen molar-refractivity contribution in [3.05, 3.63) is 23.8 Å². The summed E-state index contributed by atoms with van der Waals surface area (Å²) in [5.74, 6) is 1.52. The van der Waals surface area contributed by atoms with Crippen LogP contribution < -0.4 is 10.1 Å². The highest BCUT2D eigenvalue weighted by Crippen LogP contribution is 2.21. The lowest BCUT2D eigenvalue weighted by Crippen LogP contribution is -2.12. The van der Waals surface area contributed by atoms with E-state index in [4.69, 9.17) is 9.47 Å². The van der Waals surface area contributed by atoms with Gasteiger partial charge >= 0.3 is 0 Å². The van der Waals surface area contributed by atoms with Gasteiger partial charge in [0, 0.05) is 18.8 Å². The van der Waals surface area contributed by atoms with Gasteiger partial charge in [-0.15, -0.1) is 0 Å². The van der Waals surface area contributed by atoms with E-state index < -0.39 is 0 Å². The summed E-state index contributed by atoms with van der Waals surface area (Å²) >= 11 is 0. The van der Waals surface area contributed by atoms with E-state index in [0.29, 0.717) is 5.92 Å². The third kappa shape index (κ3) is 5.09. The molecule has 0 aliphatic rings. The lowest BCUT2D eigenvalue weighted by Gasteiger charge is -2.11. The molecule has 0 atom stereocenters. The number of nitrogens with one attached hydrogen (secondary N) is 1. The molecular weight excluding hydrogens is 214 g/mol. The molecule has 0 fully saturated rings. The van der Waals surface area contributed by atoms with E-state index in [1.807, 2.05) is 19.1 Å². The van der Waals surface area contributed by atoms with E-state index in [9.17, 15) is 0 Å². The topological polar surface area (TPSA) is 30.5 Å². The molecule has 1 aromatic carbocycles. The van der Waals surface area contributed by atoms with Gasteiger partial charge in [-0.3, -0.25) is 0 Å².